The van der Waals surface area contributed by atoms with Crippen molar-refractivity contribution < 1.29 is 14.3 Å². The molecule has 98 valence electrons. The monoisotopic (exact) mass is 248 g/mol. The van der Waals surface area contributed by atoms with E-state index >= 15 is 0 Å². The molecule has 0 aliphatic carbocycles. The highest BCUT2D eigenvalue weighted by Crippen LogP contribution is 2.29. The standard InChI is InChI=1S/C15H20O3/c1-15(2,17-3)9-8-12(16)14-10-11-6-4-5-7-13(11)18-14/h4-7,14H,8-10H2,1-3H3. The van der Waals surface area contributed by atoms with Crippen molar-refractivity contribution in [2.24, 2.45) is 0 Å². The third-order valence-electron chi connectivity index (χ3n) is 3.53. The van der Waals surface area contributed by atoms with Crippen molar-refractivity contribution in [1.29, 1.82) is 0 Å². The van der Waals surface area contributed by atoms with E-state index in [1.165, 1.54) is 0 Å². The summed E-state index contributed by atoms with van der Waals surface area (Å²) < 4.78 is 11.0. The van der Waals surface area contributed by atoms with E-state index in [0.717, 1.165) is 17.7 Å². The normalized spacial score (nSPS) is 18.3. The van der Waals surface area contributed by atoms with Gasteiger partial charge in [0.1, 0.15) is 5.75 Å². The summed E-state index contributed by atoms with van der Waals surface area (Å²) in [5.74, 6) is 1.01. The molecule has 0 spiro atoms. The lowest BCUT2D eigenvalue weighted by molar-refractivity contribution is -0.126. The molecule has 1 aromatic carbocycles. The fourth-order valence-corrected chi connectivity index (χ4v) is 2.05. The van der Waals surface area contributed by atoms with Crippen molar-refractivity contribution in [1.82, 2.24) is 0 Å². The van der Waals surface area contributed by atoms with Gasteiger partial charge in [0, 0.05) is 20.0 Å². The smallest absolute Gasteiger partial charge is 0.173 e. The van der Waals surface area contributed by atoms with E-state index in [1.54, 1.807) is 7.11 Å². The van der Waals surface area contributed by atoms with Crippen molar-refractivity contribution in [3.63, 3.8) is 0 Å². The maximum absolute atomic E-state index is 12.1. The van der Waals surface area contributed by atoms with Crippen LogP contribution >= 0.6 is 0 Å². The first-order valence-corrected chi connectivity index (χ1v) is 6.34. The van der Waals surface area contributed by atoms with Gasteiger partial charge >= 0.3 is 0 Å². The Labute approximate surface area is 108 Å². The summed E-state index contributed by atoms with van der Waals surface area (Å²) in [4.78, 5) is 12.1. The highest BCUT2D eigenvalue weighted by Gasteiger charge is 2.29. The number of Topliss-reactive ketones (excluding diaryl/α,β-unsaturated/α-hetero) is 1. The highest BCUT2D eigenvalue weighted by atomic mass is 16.5. The number of benzene rings is 1. The van der Waals surface area contributed by atoms with Crippen LogP contribution in [0.1, 0.15) is 32.3 Å². The number of rotatable bonds is 5. The van der Waals surface area contributed by atoms with Crippen LogP contribution in [0.15, 0.2) is 24.3 Å². The average Bonchev–Trinajstić information content (AvgIpc) is 2.80. The number of carbonyl (C=O) groups is 1. The molecule has 0 N–H and O–H groups in total. The number of hydrogen-bond acceptors (Lipinski definition) is 3. The second-order valence-electron chi connectivity index (χ2n) is 5.35. The zero-order valence-electron chi connectivity index (χ0n) is 11.2. The molecule has 0 radical (unpaired) electrons. The van der Waals surface area contributed by atoms with Crippen molar-refractivity contribution in [3.05, 3.63) is 29.8 Å². The molecule has 1 aliphatic heterocycles. The van der Waals surface area contributed by atoms with Gasteiger partial charge in [-0.05, 0) is 31.9 Å². The van der Waals surface area contributed by atoms with E-state index < -0.39 is 0 Å². The van der Waals surface area contributed by atoms with Crippen molar-refractivity contribution >= 4 is 5.78 Å². The largest absolute Gasteiger partial charge is 0.482 e. The van der Waals surface area contributed by atoms with Gasteiger partial charge in [0.15, 0.2) is 11.9 Å². The van der Waals surface area contributed by atoms with Gasteiger partial charge in [-0.2, -0.15) is 0 Å². The first kappa shape index (κ1) is 13.1. The summed E-state index contributed by atoms with van der Waals surface area (Å²) in [6, 6.07) is 7.84. The van der Waals surface area contributed by atoms with Crippen molar-refractivity contribution in [3.8, 4) is 5.75 Å². The number of carbonyl (C=O) groups excluding carboxylic acids is 1. The van der Waals surface area contributed by atoms with Gasteiger partial charge in [0.25, 0.3) is 0 Å². The van der Waals surface area contributed by atoms with Crippen LogP contribution in [0.5, 0.6) is 5.75 Å². The molecule has 1 aromatic rings. The Morgan fingerprint density at radius 2 is 2.17 bits per heavy atom. The molecule has 0 aromatic heterocycles. The van der Waals surface area contributed by atoms with E-state index in [9.17, 15) is 4.79 Å². The number of ketones is 1. The van der Waals surface area contributed by atoms with Crippen molar-refractivity contribution in [2.45, 2.75) is 44.8 Å². The summed E-state index contributed by atoms with van der Waals surface area (Å²) in [5, 5.41) is 0. The zero-order chi connectivity index (χ0) is 13.2. The molecule has 0 saturated heterocycles. The lowest BCUT2D eigenvalue weighted by atomic mass is 9.97. The number of hydrogen-bond donors (Lipinski definition) is 0. The fraction of sp³-hybridized carbons (Fsp3) is 0.533. The lowest BCUT2D eigenvalue weighted by Crippen LogP contribution is -2.29. The predicted octanol–water partition coefficient (Wildman–Crippen LogP) is 2.76. The quantitative estimate of drug-likeness (QED) is 0.803. The maximum Gasteiger partial charge on any atom is 0.173 e. The summed E-state index contributed by atoms with van der Waals surface area (Å²) in [6.07, 6.45) is 1.61. The van der Waals surface area contributed by atoms with Crippen LogP contribution < -0.4 is 4.74 Å². The van der Waals surface area contributed by atoms with Crippen LogP contribution in [0.25, 0.3) is 0 Å². The molecular formula is C15H20O3. The van der Waals surface area contributed by atoms with Crippen LogP contribution in [-0.2, 0) is 16.0 Å². The molecule has 1 heterocycles. The Bertz CT molecular complexity index is 412. The summed E-state index contributed by atoms with van der Waals surface area (Å²) in [5.41, 5.74) is 0.878. The topological polar surface area (TPSA) is 35.5 Å². The molecule has 1 aliphatic rings. The Morgan fingerprint density at radius 3 is 2.83 bits per heavy atom. The van der Waals surface area contributed by atoms with Crippen LogP contribution in [-0.4, -0.2) is 24.6 Å². The minimum absolute atomic E-state index is 0.163. The third kappa shape index (κ3) is 2.91. The fourth-order valence-electron chi connectivity index (χ4n) is 2.05. The number of methoxy groups -OCH3 is 1. The Kier molecular flexibility index (Phi) is 3.71. The predicted molar refractivity (Wildman–Crippen MR) is 69.9 cm³/mol. The maximum atomic E-state index is 12.1. The van der Waals surface area contributed by atoms with E-state index in [1.807, 2.05) is 38.1 Å². The molecule has 3 nitrogen and oxygen atoms in total. The van der Waals surface area contributed by atoms with Gasteiger partial charge in [-0.25, -0.2) is 0 Å². The zero-order valence-corrected chi connectivity index (χ0v) is 11.2. The Hall–Kier alpha value is -1.35. The number of fused-ring (bicyclic) bond motifs is 1. The molecule has 18 heavy (non-hydrogen) atoms. The summed E-state index contributed by atoms with van der Waals surface area (Å²) in [7, 11) is 1.67. The van der Waals surface area contributed by atoms with Gasteiger partial charge in [-0.1, -0.05) is 18.2 Å². The average molecular weight is 248 g/mol. The van der Waals surface area contributed by atoms with Crippen LogP contribution in [0, 0.1) is 0 Å². The van der Waals surface area contributed by atoms with E-state index in [0.29, 0.717) is 12.8 Å². The minimum atomic E-state index is -0.310. The minimum Gasteiger partial charge on any atom is -0.482 e. The van der Waals surface area contributed by atoms with Crippen molar-refractivity contribution in [2.75, 3.05) is 7.11 Å². The van der Waals surface area contributed by atoms with Crippen LogP contribution in [0.2, 0.25) is 0 Å². The van der Waals surface area contributed by atoms with Gasteiger partial charge in [0.05, 0.1) is 5.60 Å². The van der Waals surface area contributed by atoms with Crippen LogP contribution in [0.3, 0.4) is 0 Å². The van der Waals surface area contributed by atoms with Gasteiger partial charge < -0.3 is 9.47 Å². The number of ether oxygens (including phenoxy) is 2. The third-order valence-corrected chi connectivity index (χ3v) is 3.53. The van der Waals surface area contributed by atoms with Gasteiger partial charge in [0.2, 0.25) is 0 Å². The Morgan fingerprint density at radius 1 is 1.44 bits per heavy atom. The second kappa shape index (κ2) is 5.11. The molecule has 0 amide bonds. The molecular weight excluding hydrogens is 228 g/mol. The Balaban J connectivity index is 1.90. The van der Waals surface area contributed by atoms with E-state index in [4.69, 9.17) is 9.47 Å². The summed E-state index contributed by atoms with van der Waals surface area (Å²) in [6.45, 7) is 3.98. The molecule has 0 fully saturated rings. The molecule has 1 unspecified atom stereocenters. The molecule has 2 rings (SSSR count). The van der Waals surface area contributed by atoms with Crippen LogP contribution in [0.4, 0.5) is 0 Å². The first-order chi connectivity index (χ1) is 8.52. The summed E-state index contributed by atoms with van der Waals surface area (Å²) >= 11 is 0. The molecule has 0 bridgehead atoms. The van der Waals surface area contributed by atoms with Gasteiger partial charge in [-0.15, -0.1) is 0 Å². The van der Waals surface area contributed by atoms with E-state index in [-0.39, 0.29) is 17.5 Å². The second-order valence-corrected chi connectivity index (χ2v) is 5.35. The number of para-hydroxylation sites is 1. The first-order valence-electron chi connectivity index (χ1n) is 6.34. The molecule has 3 heteroatoms. The molecule has 0 saturated carbocycles. The lowest BCUT2D eigenvalue weighted by Gasteiger charge is -2.22. The van der Waals surface area contributed by atoms with Gasteiger partial charge in [-0.3, -0.25) is 4.79 Å². The SMILES string of the molecule is COC(C)(C)CCC(=O)C1Cc2ccccc2O1. The highest BCUT2D eigenvalue weighted by molar-refractivity contribution is 5.84. The van der Waals surface area contributed by atoms with E-state index in [2.05, 4.69) is 0 Å². The molecule has 1 atom stereocenters.